The molecular formula is C9H9N5O4. The standard InChI is InChI=1S/C9H9N5O4/c15-8(16)5-14-4-7(11-13-14)9(17)10-3-6-1-2-18-12-6/h1-2,4H,3,5H2,(H,10,17)(H,15,16). The molecule has 0 aliphatic heterocycles. The van der Waals surface area contributed by atoms with E-state index in [0.717, 1.165) is 4.68 Å². The van der Waals surface area contributed by atoms with Gasteiger partial charge in [-0.1, -0.05) is 10.4 Å². The maximum atomic E-state index is 11.6. The quantitative estimate of drug-likeness (QED) is 0.718. The van der Waals surface area contributed by atoms with Crippen LogP contribution >= 0.6 is 0 Å². The lowest BCUT2D eigenvalue weighted by Gasteiger charge is -1.98. The molecule has 0 aromatic carbocycles. The molecule has 2 heterocycles. The van der Waals surface area contributed by atoms with E-state index < -0.39 is 11.9 Å². The summed E-state index contributed by atoms with van der Waals surface area (Å²) in [6.45, 7) is -0.148. The zero-order valence-electron chi connectivity index (χ0n) is 9.11. The van der Waals surface area contributed by atoms with Crippen LogP contribution in [-0.2, 0) is 17.9 Å². The molecular weight excluding hydrogens is 242 g/mol. The average molecular weight is 251 g/mol. The smallest absolute Gasteiger partial charge is 0.325 e. The van der Waals surface area contributed by atoms with Crippen molar-refractivity contribution in [3.63, 3.8) is 0 Å². The molecule has 2 aromatic heterocycles. The van der Waals surface area contributed by atoms with Crippen molar-refractivity contribution in [1.29, 1.82) is 0 Å². The highest BCUT2D eigenvalue weighted by Gasteiger charge is 2.12. The van der Waals surface area contributed by atoms with E-state index in [9.17, 15) is 9.59 Å². The van der Waals surface area contributed by atoms with Gasteiger partial charge in [0.25, 0.3) is 5.91 Å². The number of rotatable bonds is 5. The van der Waals surface area contributed by atoms with E-state index in [2.05, 4.69) is 25.3 Å². The van der Waals surface area contributed by atoms with Gasteiger partial charge in [0.1, 0.15) is 18.5 Å². The second-order valence-corrected chi connectivity index (χ2v) is 3.37. The zero-order chi connectivity index (χ0) is 13.0. The Balaban J connectivity index is 1.92. The molecule has 1 amide bonds. The van der Waals surface area contributed by atoms with Crippen LogP contribution in [0.3, 0.4) is 0 Å². The van der Waals surface area contributed by atoms with Gasteiger partial charge in [0.15, 0.2) is 5.69 Å². The third-order valence-electron chi connectivity index (χ3n) is 1.99. The van der Waals surface area contributed by atoms with E-state index in [1.807, 2.05) is 0 Å². The van der Waals surface area contributed by atoms with Crippen molar-refractivity contribution in [2.24, 2.45) is 0 Å². The first kappa shape index (κ1) is 11.8. The summed E-state index contributed by atoms with van der Waals surface area (Å²) in [4.78, 5) is 22.0. The Labute approximate surface area is 100 Å². The Kier molecular flexibility index (Phi) is 3.32. The molecule has 0 unspecified atom stereocenters. The minimum Gasteiger partial charge on any atom is -0.480 e. The summed E-state index contributed by atoms with van der Waals surface area (Å²) in [5.74, 6) is -1.52. The maximum Gasteiger partial charge on any atom is 0.325 e. The van der Waals surface area contributed by atoms with Gasteiger partial charge < -0.3 is 14.9 Å². The van der Waals surface area contributed by atoms with E-state index >= 15 is 0 Å². The van der Waals surface area contributed by atoms with Gasteiger partial charge >= 0.3 is 5.97 Å². The third-order valence-corrected chi connectivity index (χ3v) is 1.99. The second-order valence-electron chi connectivity index (χ2n) is 3.37. The number of carbonyl (C=O) groups is 2. The Morgan fingerprint density at radius 2 is 2.33 bits per heavy atom. The predicted molar refractivity (Wildman–Crippen MR) is 55.3 cm³/mol. The molecule has 9 nitrogen and oxygen atoms in total. The van der Waals surface area contributed by atoms with Gasteiger partial charge in [-0.25, -0.2) is 4.68 Å². The molecule has 0 saturated heterocycles. The Hall–Kier alpha value is -2.71. The highest BCUT2D eigenvalue weighted by atomic mass is 16.5. The molecule has 0 fully saturated rings. The van der Waals surface area contributed by atoms with Crippen LogP contribution < -0.4 is 5.32 Å². The number of carboxylic acid groups (broad SMARTS) is 1. The maximum absolute atomic E-state index is 11.6. The van der Waals surface area contributed by atoms with Crippen LogP contribution in [0.2, 0.25) is 0 Å². The predicted octanol–water partition coefficient (Wildman–Crippen LogP) is -0.719. The molecule has 0 aliphatic rings. The van der Waals surface area contributed by atoms with Gasteiger partial charge in [0.05, 0.1) is 12.7 Å². The molecule has 2 aromatic rings. The Bertz CT molecular complexity index is 547. The second kappa shape index (κ2) is 5.08. The molecule has 94 valence electrons. The first-order chi connectivity index (χ1) is 8.65. The molecule has 0 aliphatic carbocycles. The fourth-order valence-corrected chi connectivity index (χ4v) is 1.21. The highest BCUT2D eigenvalue weighted by molar-refractivity contribution is 5.91. The first-order valence-electron chi connectivity index (χ1n) is 4.94. The molecule has 0 spiro atoms. The molecule has 18 heavy (non-hydrogen) atoms. The van der Waals surface area contributed by atoms with E-state index in [1.54, 1.807) is 6.07 Å². The number of carbonyl (C=O) groups excluding carboxylic acids is 1. The van der Waals surface area contributed by atoms with Gasteiger partial charge in [-0.3, -0.25) is 9.59 Å². The first-order valence-corrected chi connectivity index (χ1v) is 4.94. The topological polar surface area (TPSA) is 123 Å². The molecule has 0 radical (unpaired) electrons. The lowest BCUT2D eigenvalue weighted by atomic mass is 10.4. The molecule has 0 saturated carbocycles. The summed E-state index contributed by atoms with van der Waals surface area (Å²) in [6.07, 6.45) is 2.65. The number of aromatic nitrogens is 4. The number of hydrogen-bond acceptors (Lipinski definition) is 6. The number of carboxylic acids is 1. The van der Waals surface area contributed by atoms with Crippen molar-refractivity contribution in [1.82, 2.24) is 25.5 Å². The number of nitrogens with zero attached hydrogens (tertiary/aromatic N) is 4. The fraction of sp³-hybridized carbons (Fsp3) is 0.222. The summed E-state index contributed by atoms with van der Waals surface area (Å²) >= 11 is 0. The summed E-state index contributed by atoms with van der Waals surface area (Å²) in [5, 5.41) is 21.8. The summed E-state index contributed by atoms with van der Waals surface area (Å²) < 4.78 is 5.66. The van der Waals surface area contributed by atoms with E-state index in [1.165, 1.54) is 12.5 Å². The van der Waals surface area contributed by atoms with Crippen molar-refractivity contribution < 1.29 is 19.2 Å². The number of aliphatic carboxylic acids is 1. The van der Waals surface area contributed by atoms with Crippen molar-refractivity contribution in [3.8, 4) is 0 Å². The van der Waals surface area contributed by atoms with Crippen LogP contribution in [0, 0.1) is 0 Å². The molecule has 2 N–H and O–H groups in total. The summed E-state index contributed by atoms with van der Waals surface area (Å²) in [5.41, 5.74) is 0.612. The Morgan fingerprint density at radius 3 is 3.00 bits per heavy atom. The van der Waals surface area contributed by atoms with E-state index in [-0.39, 0.29) is 18.8 Å². The van der Waals surface area contributed by atoms with Crippen LogP contribution in [0.15, 0.2) is 23.0 Å². The molecule has 0 atom stereocenters. The van der Waals surface area contributed by atoms with Gasteiger partial charge in [-0.05, 0) is 0 Å². The van der Waals surface area contributed by atoms with Gasteiger partial charge in [-0.15, -0.1) is 5.10 Å². The van der Waals surface area contributed by atoms with Crippen LogP contribution in [0.1, 0.15) is 16.2 Å². The van der Waals surface area contributed by atoms with Crippen LogP contribution in [0.25, 0.3) is 0 Å². The van der Waals surface area contributed by atoms with Crippen molar-refractivity contribution in [3.05, 3.63) is 29.9 Å². The number of hydrogen-bond donors (Lipinski definition) is 2. The number of nitrogens with one attached hydrogen (secondary N) is 1. The van der Waals surface area contributed by atoms with Gasteiger partial charge in [-0.2, -0.15) is 0 Å². The fourth-order valence-electron chi connectivity index (χ4n) is 1.21. The highest BCUT2D eigenvalue weighted by Crippen LogP contribution is 1.96. The van der Waals surface area contributed by atoms with Crippen LogP contribution in [0.5, 0.6) is 0 Å². The molecule has 9 heteroatoms. The van der Waals surface area contributed by atoms with Gasteiger partial charge in [0.2, 0.25) is 0 Å². The minimum atomic E-state index is -1.06. The van der Waals surface area contributed by atoms with Gasteiger partial charge in [0, 0.05) is 6.07 Å². The normalized spacial score (nSPS) is 10.2. The third kappa shape index (κ3) is 2.90. The van der Waals surface area contributed by atoms with Crippen molar-refractivity contribution in [2.45, 2.75) is 13.1 Å². The molecule has 2 rings (SSSR count). The SMILES string of the molecule is O=C(O)Cn1cc(C(=O)NCc2ccon2)nn1. The van der Waals surface area contributed by atoms with Crippen LogP contribution in [-0.4, -0.2) is 37.1 Å². The largest absolute Gasteiger partial charge is 0.480 e. The minimum absolute atomic E-state index is 0.0414. The van der Waals surface area contributed by atoms with Crippen LogP contribution in [0.4, 0.5) is 0 Å². The lowest BCUT2D eigenvalue weighted by molar-refractivity contribution is -0.137. The number of amides is 1. The van der Waals surface area contributed by atoms with Crippen molar-refractivity contribution >= 4 is 11.9 Å². The monoisotopic (exact) mass is 251 g/mol. The van der Waals surface area contributed by atoms with E-state index in [4.69, 9.17) is 5.11 Å². The Morgan fingerprint density at radius 1 is 1.50 bits per heavy atom. The summed E-state index contributed by atoms with van der Waals surface area (Å²) in [7, 11) is 0. The van der Waals surface area contributed by atoms with E-state index in [0.29, 0.717) is 5.69 Å². The summed E-state index contributed by atoms with van der Waals surface area (Å²) in [6, 6.07) is 1.61. The average Bonchev–Trinajstić information content (AvgIpc) is 2.95. The zero-order valence-corrected chi connectivity index (χ0v) is 9.11. The van der Waals surface area contributed by atoms with Crippen molar-refractivity contribution in [2.75, 3.05) is 0 Å². The lowest BCUT2D eigenvalue weighted by Crippen LogP contribution is -2.23. The molecule has 0 bridgehead atoms.